The van der Waals surface area contributed by atoms with Crippen molar-refractivity contribution < 1.29 is 34.2 Å². The second-order valence-corrected chi connectivity index (χ2v) is 1.86. The van der Waals surface area contributed by atoms with Gasteiger partial charge in [-0.3, -0.25) is 0 Å². The summed E-state index contributed by atoms with van der Waals surface area (Å²) >= 11 is 0. The molecule has 0 radical (unpaired) electrons. The lowest BCUT2D eigenvalue weighted by Crippen LogP contribution is -3.00. The number of ether oxygens (including phenoxy) is 1. The molecule has 0 saturated carbocycles. The molecule has 4 heteroatoms. The number of benzene rings is 1. The summed E-state index contributed by atoms with van der Waals surface area (Å²) in [5.74, 6) is 0.623. The van der Waals surface area contributed by atoms with Crippen molar-refractivity contribution in [3.05, 3.63) is 29.5 Å². The van der Waals surface area contributed by atoms with Crippen LogP contribution in [0.3, 0.4) is 0 Å². The average molecular weight is 266 g/mol. The maximum Gasteiger partial charge on any atom is 0.179 e. The number of para-hydroxylation sites is 1. The quantitative estimate of drug-likeness (QED) is 0.362. The normalized spacial score (nSPS) is 8.55. The van der Waals surface area contributed by atoms with Crippen LogP contribution in [-0.2, 0) is 0 Å². The maximum absolute atomic E-state index is 10.3. The van der Waals surface area contributed by atoms with Gasteiger partial charge in [-0.15, -0.1) is 0 Å². The van der Waals surface area contributed by atoms with E-state index in [-0.39, 0.29) is 24.0 Å². The van der Waals surface area contributed by atoms with Gasteiger partial charge in [-0.2, -0.15) is 0 Å². The molecule has 0 aliphatic carbocycles. The molecule has 0 saturated heterocycles. The van der Waals surface area contributed by atoms with E-state index < -0.39 is 0 Å². The van der Waals surface area contributed by atoms with Gasteiger partial charge in [0.05, 0.1) is 7.11 Å². The highest BCUT2D eigenvalue weighted by Crippen LogP contribution is 2.17. The summed E-state index contributed by atoms with van der Waals surface area (Å²) in [4.78, 5) is 0. The zero-order chi connectivity index (χ0) is 7.40. The fourth-order valence-electron chi connectivity index (χ4n) is 0.764. The molecule has 3 nitrogen and oxygen atoms in total. The van der Waals surface area contributed by atoms with Crippen LogP contribution in [-0.4, -0.2) is 7.11 Å². The zero-order valence-electron chi connectivity index (χ0n) is 6.08. The van der Waals surface area contributed by atoms with E-state index in [9.17, 15) is 5.21 Å². The van der Waals surface area contributed by atoms with E-state index in [0.29, 0.717) is 11.4 Å². The van der Waals surface area contributed by atoms with Crippen molar-refractivity contribution in [2.75, 3.05) is 7.11 Å². The summed E-state index contributed by atoms with van der Waals surface area (Å²) in [6, 6.07) is 7.09. The largest absolute Gasteiger partial charge is 1.00 e. The van der Waals surface area contributed by atoms with Crippen LogP contribution in [0, 0.1) is 5.21 Å². The summed E-state index contributed by atoms with van der Waals surface area (Å²) in [6.45, 7) is 0. The van der Waals surface area contributed by atoms with Crippen molar-refractivity contribution in [2.45, 2.75) is 0 Å². The minimum atomic E-state index is 0. The van der Waals surface area contributed by atoms with Crippen molar-refractivity contribution in [1.29, 1.82) is 0 Å². The number of halogens is 1. The second-order valence-electron chi connectivity index (χ2n) is 1.86. The van der Waals surface area contributed by atoms with Crippen LogP contribution >= 0.6 is 0 Å². The molecular formula is C7H9INO2-. The molecule has 1 aromatic carbocycles. The Kier molecular flexibility index (Phi) is 5.18. The van der Waals surface area contributed by atoms with Gasteiger partial charge in [-0.1, -0.05) is 12.1 Å². The molecule has 0 fully saturated rings. The number of rotatable bonds is 2. The number of hydrogen-bond acceptors (Lipinski definition) is 2. The Balaban J connectivity index is 0.000001000. The molecule has 0 aliphatic rings. The fourth-order valence-corrected chi connectivity index (χ4v) is 0.764. The molecular weight excluding hydrogens is 257 g/mol. The van der Waals surface area contributed by atoms with Gasteiger partial charge >= 0.3 is 0 Å². The van der Waals surface area contributed by atoms with Gasteiger partial charge in [-0.05, 0) is 6.07 Å². The van der Waals surface area contributed by atoms with E-state index in [1.165, 1.54) is 0 Å². The molecule has 0 amide bonds. The third-order valence-electron chi connectivity index (χ3n) is 1.27. The van der Waals surface area contributed by atoms with Crippen molar-refractivity contribution in [2.24, 2.45) is 0 Å². The molecule has 0 heterocycles. The van der Waals surface area contributed by atoms with Gasteiger partial charge < -0.3 is 39.4 Å². The molecule has 11 heavy (non-hydrogen) atoms. The number of nitrogens with two attached hydrogens (primary N) is 1. The zero-order valence-corrected chi connectivity index (χ0v) is 8.24. The van der Waals surface area contributed by atoms with Crippen LogP contribution in [0.2, 0.25) is 0 Å². The summed E-state index contributed by atoms with van der Waals surface area (Å²) in [7, 11) is 1.54. The standard InChI is InChI=1S/C7H9NO2.HI/c1-10-7-5-3-2-4-6(7)8-9;/h2-5H,8H2,1H3;1H/p-1. The van der Waals surface area contributed by atoms with Gasteiger partial charge in [-0.25, -0.2) is 0 Å². The van der Waals surface area contributed by atoms with Crippen LogP contribution < -0.4 is 34.2 Å². The summed E-state index contributed by atoms with van der Waals surface area (Å²) in [5, 5.41) is 10.3. The predicted octanol–water partition coefficient (Wildman–Crippen LogP) is -2.61. The highest BCUT2D eigenvalue weighted by Gasteiger charge is 1.98. The first-order valence-electron chi connectivity index (χ1n) is 2.96. The fraction of sp³-hybridized carbons (Fsp3) is 0.143. The highest BCUT2D eigenvalue weighted by atomic mass is 127. The Morgan fingerprint density at radius 2 is 2.00 bits per heavy atom. The summed E-state index contributed by atoms with van der Waals surface area (Å²) < 4.78 is 4.90. The molecule has 0 aliphatic heterocycles. The lowest BCUT2D eigenvalue weighted by atomic mass is 10.3. The first-order chi connectivity index (χ1) is 4.88. The number of hydrogen-bond donors (Lipinski definition) is 1. The van der Waals surface area contributed by atoms with Crippen LogP contribution in [0.25, 0.3) is 0 Å². The predicted molar refractivity (Wildman–Crippen MR) is 37.9 cm³/mol. The van der Waals surface area contributed by atoms with Crippen molar-refractivity contribution >= 4 is 5.69 Å². The molecule has 0 spiro atoms. The Bertz CT molecular complexity index is 194. The Hall–Kier alpha value is -0.330. The third-order valence-corrected chi connectivity index (χ3v) is 1.27. The van der Waals surface area contributed by atoms with E-state index in [1.807, 2.05) is 6.07 Å². The average Bonchev–Trinajstić information content (AvgIpc) is 2.04. The molecule has 0 unspecified atom stereocenters. The Labute approximate surface area is 82.4 Å². The molecule has 62 valence electrons. The van der Waals surface area contributed by atoms with Crippen LogP contribution in [0.5, 0.6) is 5.75 Å². The summed E-state index contributed by atoms with van der Waals surface area (Å²) in [5.41, 5.74) is 1.36. The monoisotopic (exact) mass is 266 g/mol. The van der Waals surface area contributed by atoms with E-state index in [4.69, 9.17) is 4.74 Å². The van der Waals surface area contributed by atoms with E-state index >= 15 is 0 Å². The smallest absolute Gasteiger partial charge is 0.179 e. The van der Waals surface area contributed by atoms with Crippen LogP contribution in [0.15, 0.2) is 24.3 Å². The molecule has 0 atom stereocenters. The van der Waals surface area contributed by atoms with Crippen LogP contribution in [0.4, 0.5) is 5.69 Å². The van der Waals surface area contributed by atoms with Gasteiger partial charge in [0.15, 0.2) is 11.4 Å². The molecule has 1 rings (SSSR count). The van der Waals surface area contributed by atoms with Gasteiger partial charge in [0.2, 0.25) is 0 Å². The lowest BCUT2D eigenvalue weighted by Gasteiger charge is -2.05. The number of quaternary nitrogens is 1. The Morgan fingerprint density at radius 1 is 1.36 bits per heavy atom. The topological polar surface area (TPSA) is 48.9 Å². The SMILES string of the molecule is COc1ccccc1[NH2+][O-].[I-]. The van der Waals surface area contributed by atoms with Gasteiger partial charge in [0.1, 0.15) is 0 Å². The first kappa shape index (κ1) is 10.7. The van der Waals surface area contributed by atoms with Gasteiger partial charge in [0.25, 0.3) is 0 Å². The minimum absolute atomic E-state index is 0. The molecule has 0 aromatic heterocycles. The molecule has 0 bridgehead atoms. The number of methoxy groups -OCH3 is 1. The third kappa shape index (κ3) is 2.64. The molecule has 1 aromatic rings. The van der Waals surface area contributed by atoms with Crippen molar-refractivity contribution in [3.8, 4) is 5.75 Å². The first-order valence-corrected chi connectivity index (χ1v) is 2.96. The van der Waals surface area contributed by atoms with Crippen molar-refractivity contribution in [1.82, 2.24) is 0 Å². The van der Waals surface area contributed by atoms with E-state index in [2.05, 4.69) is 0 Å². The minimum Gasteiger partial charge on any atom is -1.00 e. The van der Waals surface area contributed by atoms with Crippen molar-refractivity contribution in [3.63, 3.8) is 0 Å². The highest BCUT2D eigenvalue weighted by molar-refractivity contribution is 5.44. The Morgan fingerprint density at radius 3 is 2.45 bits per heavy atom. The van der Waals surface area contributed by atoms with E-state index in [1.54, 1.807) is 25.3 Å². The van der Waals surface area contributed by atoms with Gasteiger partial charge in [0, 0.05) is 6.07 Å². The second kappa shape index (κ2) is 5.34. The maximum atomic E-state index is 10.3. The van der Waals surface area contributed by atoms with E-state index in [0.717, 1.165) is 5.48 Å². The van der Waals surface area contributed by atoms with Crippen LogP contribution in [0.1, 0.15) is 0 Å². The molecule has 2 N–H and O–H groups in total. The lowest BCUT2D eigenvalue weighted by molar-refractivity contribution is -0.497. The summed E-state index contributed by atoms with van der Waals surface area (Å²) in [6.07, 6.45) is 0.